The van der Waals surface area contributed by atoms with Crippen molar-refractivity contribution < 1.29 is 23.7 Å². The number of hydrogen-bond acceptors (Lipinski definition) is 7. The van der Waals surface area contributed by atoms with Crippen molar-refractivity contribution in [1.29, 1.82) is 0 Å². The van der Waals surface area contributed by atoms with Crippen molar-refractivity contribution in [3.05, 3.63) is 35.4 Å². The van der Waals surface area contributed by atoms with Gasteiger partial charge in [0, 0.05) is 42.4 Å². The average molecular weight is 412 g/mol. The predicted molar refractivity (Wildman–Crippen MR) is 115 cm³/mol. The van der Waals surface area contributed by atoms with Crippen molar-refractivity contribution in [1.82, 2.24) is 4.90 Å². The Morgan fingerprint density at radius 3 is 2.53 bits per heavy atom. The van der Waals surface area contributed by atoms with Gasteiger partial charge in [-0.3, -0.25) is 9.69 Å². The number of ether oxygens (including phenoxy) is 4. The molecule has 0 aromatic heterocycles. The van der Waals surface area contributed by atoms with Gasteiger partial charge in [0.15, 0.2) is 5.78 Å². The Morgan fingerprint density at radius 1 is 1.03 bits per heavy atom. The molecule has 1 aliphatic heterocycles. The molecule has 2 N–H and O–H groups in total. The summed E-state index contributed by atoms with van der Waals surface area (Å²) in [4.78, 5) is 15.5. The van der Waals surface area contributed by atoms with Crippen LogP contribution >= 0.6 is 0 Å². The maximum atomic E-state index is 13.2. The molecule has 0 spiro atoms. The second-order valence-electron chi connectivity index (χ2n) is 7.40. The van der Waals surface area contributed by atoms with Gasteiger partial charge >= 0.3 is 0 Å². The van der Waals surface area contributed by atoms with Crippen molar-refractivity contribution in [2.45, 2.75) is 13.3 Å². The molecule has 0 radical (unpaired) electrons. The highest BCUT2D eigenvalue weighted by Crippen LogP contribution is 2.51. The number of methoxy groups -OCH3 is 1. The van der Waals surface area contributed by atoms with E-state index < -0.39 is 0 Å². The lowest BCUT2D eigenvalue weighted by atomic mass is 10.0. The molecule has 0 amide bonds. The number of carbonyl (C=O) groups is 1. The summed E-state index contributed by atoms with van der Waals surface area (Å²) < 4.78 is 22.9. The van der Waals surface area contributed by atoms with Crippen LogP contribution in [-0.4, -0.2) is 63.9 Å². The molecule has 2 aromatic rings. The SMILES string of the molecule is CCCOc1cc(OC)c2c(c1N)C(=O)c1cccc(OCCN3CCOCC3)c1-2. The third-order valence-corrected chi connectivity index (χ3v) is 5.49. The van der Waals surface area contributed by atoms with Gasteiger partial charge in [-0.05, 0) is 12.5 Å². The maximum Gasteiger partial charge on any atom is 0.196 e. The fraction of sp³-hybridized carbons (Fsp3) is 0.435. The van der Waals surface area contributed by atoms with Gasteiger partial charge in [0.05, 0.1) is 38.2 Å². The van der Waals surface area contributed by atoms with E-state index in [1.165, 1.54) is 0 Å². The van der Waals surface area contributed by atoms with E-state index in [4.69, 9.17) is 24.7 Å². The number of nitrogens with zero attached hydrogens (tertiary/aromatic N) is 1. The van der Waals surface area contributed by atoms with Gasteiger partial charge in [-0.25, -0.2) is 0 Å². The van der Waals surface area contributed by atoms with Gasteiger partial charge in [0.1, 0.15) is 23.9 Å². The lowest BCUT2D eigenvalue weighted by Gasteiger charge is -2.26. The molecule has 2 aliphatic rings. The lowest BCUT2D eigenvalue weighted by molar-refractivity contribution is 0.0323. The number of anilines is 1. The summed E-state index contributed by atoms with van der Waals surface area (Å²) in [6.45, 7) is 7.17. The second-order valence-corrected chi connectivity index (χ2v) is 7.40. The van der Waals surface area contributed by atoms with Crippen LogP contribution in [0.15, 0.2) is 24.3 Å². The van der Waals surface area contributed by atoms with E-state index in [1.807, 2.05) is 19.1 Å². The number of nitrogens with two attached hydrogens (primary N) is 1. The molecule has 160 valence electrons. The number of benzene rings is 2. The Balaban J connectivity index is 1.66. The summed E-state index contributed by atoms with van der Waals surface area (Å²) in [5.41, 5.74) is 9.13. The molecule has 2 aromatic carbocycles. The summed E-state index contributed by atoms with van der Waals surface area (Å²) in [7, 11) is 1.58. The zero-order valence-corrected chi connectivity index (χ0v) is 17.5. The summed E-state index contributed by atoms with van der Waals surface area (Å²) in [5, 5.41) is 0. The minimum Gasteiger partial charge on any atom is -0.496 e. The topological polar surface area (TPSA) is 83.2 Å². The molecular formula is C23H28N2O5. The molecule has 0 unspecified atom stereocenters. The van der Waals surface area contributed by atoms with Gasteiger partial charge in [0.2, 0.25) is 0 Å². The monoisotopic (exact) mass is 412 g/mol. The van der Waals surface area contributed by atoms with Crippen molar-refractivity contribution >= 4 is 11.5 Å². The molecule has 4 rings (SSSR count). The number of fused-ring (bicyclic) bond motifs is 3. The van der Waals surface area contributed by atoms with Crippen LogP contribution in [0.3, 0.4) is 0 Å². The largest absolute Gasteiger partial charge is 0.496 e. The number of carbonyl (C=O) groups excluding carboxylic acids is 1. The van der Waals surface area contributed by atoms with Crippen LogP contribution in [-0.2, 0) is 4.74 Å². The molecule has 1 aliphatic carbocycles. The average Bonchev–Trinajstić information content (AvgIpc) is 3.08. The van der Waals surface area contributed by atoms with Gasteiger partial charge in [-0.1, -0.05) is 19.1 Å². The Hall–Kier alpha value is -2.77. The van der Waals surface area contributed by atoms with E-state index in [2.05, 4.69) is 4.90 Å². The van der Waals surface area contributed by atoms with Crippen molar-refractivity contribution in [3.63, 3.8) is 0 Å². The van der Waals surface area contributed by atoms with Crippen molar-refractivity contribution in [2.75, 3.05) is 58.9 Å². The highest BCUT2D eigenvalue weighted by atomic mass is 16.5. The number of hydrogen-bond donors (Lipinski definition) is 1. The fourth-order valence-corrected chi connectivity index (χ4v) is 3.97. The first-order valence-electron chi connectivity index (χ1n) is 10.4. The molecule has 30 heavy (non-hydrogen) atoms. The highest BCUT2D eigenvalue weighted by molar-refractivity contribution is 6.26. The quantitative estimate of drug-likeness (QED) is 0.570. The van der Waals surface area contributed by atoms with Crippen LogP contribution < -0.4 is 19.9 Å². The van der Waals surface area contributed by atoms with E-state index in [1.54, 1.807) is 19.2 Å². The van der Waals surface area contributed by atoms with Crippen molar-refractivity contribution in [3.8, 4) is 28.4 Å². The minimum absolute atomic E-state index is 0.128. The first-order valence-corrected chi connectivity index (χ1v) is 10.4. The zero-order valence-electron chi connectivity index (χ0n) is 17.5. The van der Waals surface area contributed by atoms with Crippen molar-refractivity contribution in [2.24, 2.45) is 0 Å². The third-order valence-electron chi connectivity index (χ3n) is 5.49. The molecule has 0 bridgehead atoms. The molecule has 1 fully saturated rings. The molecule has 0 saturated carbocycles. The van der Waals surface area contributed by atoms with E-state index >= 15 is 0 Å². The smallest absolute Gasteiger partial charge is 0.196 e. The molecule has 1 saturated heterocycles. The van der Waals surface area contributed by atoms with Crippen LogP contribution in [0.2, 0.25) is 0 Å². The van der Waals surface area contributed by atoms with Crippen LogP contribution in [0.4, 0.5) is 5.69 Å². The molecule has 1 heterocycles. The summed E-state index contributed by atoms with van der Waals surface area (Å²) in [6.07, 6.45) is 0.841. The Bertz CT molecular complexity index is 938. The summed E-state index contributed by atoms with van der Waals surface area (Å²) in [6, 6.07) is 7.29. The Morgan fingerprint density at radius 2 is 1.80 bits per heavy atom. The van der Waals surface area contributed by atoms with E-state index in [-0.39, 0.29) is 5.78 Å². The second kappa shape index (κ2) is 8.93. The van der Waals surface area contributed by atoms with E-state index in [0.29, 0.717) is 52.8 Å². The molecule has 7 nitrogen and oxygen atoms in total. The number of ketones is 1. The van der Waals surface area contributed by atoms with Crippen LogP contribution in [0, 0.1) is 0 Å². The Labute approximate surface area is 176 Å². The number of morpholine rings is 1. The lowest BCUT2D eigenvalue weighted by Crippen LogP contribution is -2.38. The van der Waals surface area contributed by atoms with E-state index in [9.17, 15) is 4.79 Å². The number of rotatable bonds is 8. The highest BCUT2D eigenvalue weighted by Gasteiger charge is 2.36. The van der Waals surface area contributed by atoms with Gasteiger partial charge < -0.3 is 24.7 Å². The molecule has 0 atom stereocenters. The summed E-state index contributed by atoms with van der Waals surface area (Å²) in [5.74, 6) is 1.56. The van der Waals surface area contributed by atoms with E-state index in [0.717, 1.165) is 44.8 Å². The maximum absolute atomic E-state index is 13.2. The van der Waals surface area contributed by atoms with Gasteiger partial charge in [-0.2, -0.15) is 0 Å². The zero-order chi connectivity index (χ0) is 21.1. The van der Waals surface area contributed by atoms with Crippen LogP contribution in [0.5, 0.6) is 17.2 Å². The standard InChI is InChI=1S/C23H28N2O5/c1-3-10-29-18-14-17(27-2)20-19-15(23(26)21(20)22(18)24)5-4-6-16(19)30-13-9-25-7-11-28-12-8-25/h4-6,14H,3,7-13,24H2,1-2H3. The Kier molecular flexibility index (Phi) is 6.11. The molecular weight excluding hydrogens is 384 g/mol. The van der Waals surface area contributed by atoms with Crippen LogP contribution in [0.25, 0.3) is 11.1 Å². The normalized spacial score (nSPS) is 15.6. The predicted octanol–water partition coefficient (Wildman–Crippen LogP) is 2.99. The first-order chi connectivity index (χ1) is 14.7. The fourth-order valence-electron chi connectivity index (χ4n) is 3.97. The van der Waals surface area contributed by atoms with Gasteiger partial charge in [-0.15, -0.1) is 0 Å². The molecule has 7 heteroatoms. The third kappa shape index (κ3) is 3.70. The minimum atomic E-state index is -0.128. The van der Waals surface area contributed by atoms with Crippen LogP contribution in [0.1, 0.15) is 29.3 Å². The number of nitrogen functional groups attached to an aromatic ring is 1. The first kappa shape index (κ1) is 20.5. The summed E-state index contributed by atoms with van der Waals surface area (Å²) >= 11 is 0. The van der Waals surface area contributed by atoms with Gasteiger partial charge in [0.25, 0.3) is 0 Å².